The standard InChI is InChI=1S/C13H14N2/c1-9(2)11-6-5-10(8-14)13-12(11)4-3-7-15-13/h4-6,9H,3,7H2,1-2H3. The summed E-state index contributed by atoms with van der Waals surface area (Å²) in [6.45, 7) is 5.15. The Morgan fingerprint density at radius 1 is 1.40 bits per heavy atom. The fraction of sp³-hybridized carbons (Fsp3) is 0.385. The molecule has 0 saturated heterocycles. The van der Waals surface area contributed by atoms with Crippen molar-refractivity contribution < 1.29 is 0 Å². The summed E-state index contributed by atoms with van der Waals surface area (Å²) in [4.78, 5) is 4.45. The third-order valence-corrected chi connectivity index (χ3v) is 2.74. The first-order valence-electron chi connectivity index (χ1n) is 5.31. The van der Waals surface area contributed by atoms with E-state index in [1.165, 1.54) is 10.8 Å². The van der Waals surface area contributed by atoms with Crippen molar-refractivity contribution in [2.75, 3.05) is 6.54 Å². The molecular formula is C13H14N2. The van der Waals surface area contributed by atoms with Gasteiger partial charge in [-0.2, -0.15) is 5.26 Å². The van der Waals surface area contributed by atoms with Crippen molar-refractivity contribution in [2.24, 2.45) is 4.99 Å². The molecule has 0 fully saturated rings. The minimum atomic E-state index is 0.482. The number of fused-ring (bicyclic) bond motifs is 1. The Labute approximate surface area is 89.6 Å². The summed E-state index contributed by atoms with van der Waals surface area (Å²) in [5.41, 5.74) is 2.00. The van der Waals surface area contributed by atoms with Gasteiger partial charge in [-0.25, -0.2) is 0 Å². The molecule has 1 aromatic carbocycles. The SMILES string of the molecule is CC(C)c1ccc(C#N)c2c1=CCCN=2. The van der Waals surface area contributed by atoms with Crippen molar-refractivity contribution >= 4 is 6.08 Å². The van der Waals surface area contributed by atoms with E-state index in [9.17, 15) is 0 Å². The van der Waals surface area contributed by atoms with Crippen molar-refractivity contribution in [3.05, 3.63) is 33.8 Å². The van der Waals surface area contributed by atoms with E-state index in [-0.39, 0.29) is 0 Å². The van der Waals surface area contributed by atoms with Crippen LogP contribution in [0.4, 0.5) is 0 Å². The smallest absolute Gasteiger partial charge is 0.101 e. The number of benzene rings is 1. The van der Waals surface area contributed by atoms with Gasteiger partial charge in [0.1, 0.15) is 6.07 Å². The van der Waals surface area contributed by atoms with Crippen LogP contribution in [0.3, 0.4) is 0 Å². The lowest BCUT2D eigenvalue weighted by atomic mass is 9.97. The monoisotopic (exact) mass is 198 g/mol. The van der Waals surface area contributed by atoms with Crippen LogP contribution in [-0.4, -0.2) is 6.54 Å². The largest absolute Gasteiger partial charge is 0.283 e. The first-order chi connectivity index (χ1) is 7.24. The van der Waals surface area contributed by atoms with Gasteiger partial charge in [0.15, 0.2) is 0 Å². The number of rotatable bonds is 1. The molecule has 0 radical (unpaired) electrons. The molecular weight excluding hydrogens is 184 g/mol. The second-order valence-corrected chi connectivity index (χ2v) is 4.11. The maximum atomic E-state index is 9.00. The van der Waals surface area contributed by atoms with E-state index >= 15 is 0 Å². The molecule has 2 nitrogen and oxygen atoms in total. The Kier molecular flexibility index (Phi) is 2.55. The third-order valence-electron chi connectivity index (χ3n) is 2.74. The highest BCUT2D eigenvalue weighted by Gasteiger charge is 2.08. The molecule has 2 heteroatoms. The summed E-state index contributed by atoms with van der Waals surface area (Å²) >= 11 is 0. The second-order valence-electron chi connectivity index (χ2n) is 4.11. The lowest BCUT2D eigenvalue weighted by Gasteiger charge is -2.10. The van der Waals surface area contributed by atoms with Crippen molar-refractivity contribution in [1.29, 1.82) is 5.26 Å². The van der Waals surface area contributed by atoms with Crippen LogP contribution in [0.1, 0.15) is 37.3 Å². The molecule has 0 bridgehead atoms. The third kappa shape index (κ3) is 1.66. The number of nitriles is 1. The molecule has 0 atom stereocenters. The summed E-state index contributed by atoms with van der Waals surface area (Å²) in [6.07, 6.45) is 3.19. The zero-order chi connectivity index (χ0) is 10.8. The lowest BCUT2D eigenvalue weighted by Crippen LogP contribution is -2.34. The Bertz CT molecular complexity index is 533. The van der Waals surface area contributed by atoms with Gasteiger partial charge >= 0.3 is 0 Å². The van der Waals surface area contributed by atoms with Crippen LogP contribution >= 0.6 is 0 Å². The molecule has 0 amide bonds. The average Bonchev–Trinajstić information content (AvgIpc) is 2.27. The maximum Gasteiger partial charge on any atom is 0.101 e. The van der Waals surface area contributed by atoms with Crippen LogP contribution in [-0.2, 0) is 0 Å². The van der Waals surface area contributed by atoms with Gasteiger partial charge in [-0.05, 0) is 24.0 Å². The van der Waals surface area contributed by atoms with E-state index in [4.69, 9.17) is 5.26 Å². The molecule has 0 saturated carbocycles. The molecule has 0 aromatic heterocycles. The summed E-state index contributed by atoms with van der Waals surface area (Å²) in [7, 11) is 0. The van der Waals surface area contributed by atoms with Crippen molar-refractivity contribution in [1.82, 2.24) is 0 Å². The molecule has 0 aliphatic carbocycles. The van der Waals surface area contributed by atoms with E-state index in [0.717, 1.165) is 18.3 Å². The Morgan fingerprint density at radius 2 is 2.20 bits per heavy atom. The number of nitrogens with zero attached hydrogens (tertiary/aromatic N) is 2. The molecule has 0 unspecified atom stereocenters. The van der Waals surface area contributed by atoms with Crippen molar-refractivity contribution in [3.8, 4) is 6.07 Å². The first kappa shape index (κ1) is 9.92. The fourth-order valence-electron chi connectivity index (χ4n) is 1.99. The maximum absolute atomic E-state index is 9.00. The van der Waals surface area contributed by atoms with Crippen LogP contribution < -0.4 is 10.6 Å². The normalized spacial score (nSPS) is 13.7. The van der Waals surface area contributed by atoms with Gasteiger partial charge in [0.05, 0.1) is 10.9 Å². The van der Waals surface area contributed by atoms with Crippen LogP contribution in [0, 0.1) is 11.3 Å². The van der Waals surface area contributed by atoms with Crippen LogP contribution in [0.15, 0.2) is 17.1 Å². The number of hydrogen-bond acceptors (Lipinski definition) is 2. The van der Waals surface area contributed by atoms with Gasteiger partial charge in [-0.1, -0.05) is 26.0 Å². The summed E-state index contributed by atoms with van der Waals surface area (Å²) in [6, 6.07) is 6.15. The van der Waals surface area contributed by atoms with Gasteiger partial charge in [-0.15, -0.1) is 0 Å². The van der Waals surface area contributed by atoms with E-state index < -0.39 is 0 Å². The molecule has 0 spiro atoms. The van der Waals surface area contributed by atoms with Crippen LogP contribution in [0.5, 0.6) is 0 Å². The zero-order valence-corrected chi connectivity index (χ0v) is 9.12. The number of hydrogen-bond donors (Lipinski definition) is 0. The van der Waals surface area contributed by atoms with Gasteiger partial charge in [0.25, 0.3) is 0 Å². The van der Waals surface area contributed by atoms with Crippen LogP contribution in [0.25, 0.3) is 6.08 Å². The molecule has 1 heterocycles. The summed E-state index contributed by atoms with van der Waals surface area (Å²) in [5.74, 6) is 0.482. The molecule has 76 valence electrons. The highest BCUT2D eigenvalue weighted by molar-refractivity contribution is 5.40. The molecule has 2 rings (SSSR count). The van der Waals surface area contributed by atoms with Gasteiger partial charge in [-0.3, -0.25) is 4.99 Å². The molecule has 0 N–H and O–H groups in total. The minimum Gasteiger partial charge on any atom is -0.283 e. The Balaban J connectivity index is 2.83. The van der Waals surface area contributed by atoms with E-state index in [0.29, 0.717) is 11.5 Å². The highest BCUT2D eigenvalue weighted by Crippen LogP contribution is 2.09. The Hall–Kier alpha value is -1.62. The average molecular weight is 198 g/mol. The van der Waals surface area contributed by atoms with E-state index in [2.05, 4.69) is 37.1 Å². The quantitative estimate of drug-likeness (QED) is 0.673. The predicted octanol–water partition coefficient (Wildman–Crippen LogP) is 1.49. The van der Waals surface area contributed by atoms with Crippen LogP contribution in [0.2, 0.25) is 0 Å². The summed E-state index contributed by atoms with van der Waals surface area (Å²) < 4.78 is 0. The zero-order valence-electron chi connectivity index (χ0n) is 9.12. The highest BCUT2D eigenvalue weighted by atomic mass is 14.7. The van der Waals surface area contributed by atoms with Gasteiger partial charge in [0, 0.05) is 11.8 Å². The second kappa shape index (κ2) is 3.86. The lowest BCUT2D eigenvalue weighted by molar-refractivity contribution is 0.841. The van der Waals surface area contributed by atoms with Gasteiger partial charge in [0.2, 0.25) is 0 Å². The van der Waals surface area contributed by atoms with Gasteiger partial charge < -0.3 is 0 Å². The first-order valence-corrected chi connectivity index (χ1v) is 5.31. The minimum absolute atomic E-state index is 0.482. The van der Waals surface area contributed by atoms with E-state index in [1.54, 1.807) is 0 Å². The van der Waals surface area contributed by atoms with E-state index in [1.807, 2.05) is 6.07 Å². The molecule has 15 heavy (non-hydrogen) atoms. The van der Waals surface area contributed by atoms with Crippen molar-refractivity contribution in [2.45, 2.75) is 26.2 Å². The van der Waals surface area contributed by atoms with Crippen molar-refractivity contribution in [3.63, 3.8) is 0 Å². The molecule has 1 aromatic rings. The Morgan fingerprint density at radius 3 is 2.87 bits per heavy atom. The fourth-order valence-corrected chi connectivity index (χ4v) is 1.99. The summed E-state index contributed by atoms with van der Waals surface area (Å²) in [5, 5.41) is 11.1. The predicted molar refractivity (Wildman–Crippen MR) is 60.0 cm³/mol. The topological polar surface area (TPSA) is 36.1 Å². The molecule has 1 aliphatic rings. The molecule has 1 aliphatic heterocycles.